The van der Waals surface area contributed by atoms with Gasteiger partial charge in [0, 0.05) is 5.02 Å². The first-order valence-corrected chi connectivity index (χ1v) is 6.15. The third kappa shape index (κ3) is 2.86. The number of ether oxygens (including phenoxy) is 1. The summed E-state index contributed by atoms with van der Waals surface area (Å²) in [5.74, 6) is 2.39. The number of hydrogen-bond acceptors (Lipinski definition) is 3. The zero-order valence-corrected chi connectivity index (χ0v) is 11.3. The number of furan rings is 1. The molecule has 0 spiro atoms. The molecule has 1 aromatic carbocycles. The maximum absolute atomic E-state index is 5.89. The highest BCUT2D eigenvalue weighted by Gasteiger charge is 2.07. The van der Waals surface area contributed by atoms with E-state index in [1.54, 1.807) is 0 Å². The molecule has 96 valence electrons. The smallest absolute Gasteiger partial charge is 0.146 e. The van der Waals surface area contributed by atoms with Crippen molar-refractivity contribution in [2.45, 2.75) is 27.0 Å². The SMILES string of the molecule is Cc1cc(Cl)ccc1OCc1cc(C)c(CN)o1. The molecular weight excluding hydrogens is 250 g/mol. The fraction of sp³-hybridized carbons (Fsp3) is 0.286. The standard InChI is InChI=1S/C14H16ClNO2/c1-9-5-11(15)3-4-13(9)17-8-12-6-10(2)14(7-16)18-12/h3-6H,7-8,16H2,1-2H3. The van der Waals surface area contributed by atoms with Crippen molar-refractivity contribution in [3.8, 4) is 5.75 Å². The number of aryl methyl sites for hydroxylation is 2. The first-order valence-electron chi connectivity index (χ1n) is 5.77. The molecule has 0 bridgehead atoms. The Balaban J connectivity index is 2.06. The monoisotopic (exact) mass is 265 g/mol. The van der Waals surface area contributed by atoms with E-state index < -0.39 is 0 Å². The van der Waals surface area contributed by atoms with Crippen molar-refractivity contribution >= 4 is 11.6 Å². The van der Waals surface area contributed by atoms with E-state index in [2.05, 4.69) is 0 Å². The molecule has 0 atom stereocenters. The Hall–Kier alpha value is -1.45. The predicted octanol–water partition coefficient (Wildman–Crippen LogP) is 3.59. The van der Waals surface area contributed by atoms with Gasteiger partial charge < -0.3 is 14.9 Å². The minimum Gasteiger partial charge on any atom is -0.485 e. The van der Waals surface area contributed by atoms with Crippen molar-refractivity contribution in [2.24, 2.45) is 5.73 Å². The second kappa shape index (κ2) is 5.46. The van der Waals surface area contributed by atoms with E-state index in [0.717, 1.165) is 28.4 Å². The van der Waals surface area contributed by atoms with Gasteiger partial charge in [-0.25, -0.2) is 0 Å². The Morgan fingerprint density at radius 1 is 1.22 bits per heavy atom. The van der Waals surface area contributed by atoms with Crippen LogP contribution in [0.5, 0.6) is 5.75 Å². The molecule has 3 nitrogen and oxygen atoms in total. The van der Waals surface area contributed by atoms with Crippen molar-refractivity contribution in [3.05, 3.63) is 51.9 Å². The molecule has 1 heterocycles. The Morgan fingerprint density at radius 2 is 2.00 bits per heavy atom. The summed E-state index contributed by atoms with van der Waals surface area (Å²) in [6.45, 7) is 4.73. The number of rotatable bonds is 4. The lowest BCUT2D eigenvalue weighted by Crippen LogP contribution is -1.96. The normalized spacial score (nSPS) is 10.7. The summed E-state index contributed by atoms with van der Waals surface area (Å²) < 4.78 is 11.3. The van der Waals surface area contributed by atoms with Gasteiger partial charge >= 0.3 is 0 Å². The van der Waals surface area contributed by atoms with E-state index in [0.29, 0.717) is 18.2 Å². The third-order valence-electron chi connectivity index (χ3n) is 2.76. The summed E-state index contributed by atoms with van der Waals surface area (Å²) in [5, 5.41) is 0.708. The fourth-order valence-corrected chi connectivity index (χ4v) is 2.01. The Morgan fingerprint density at radius 3 is 2.61 bits per heavy atom. The van der Waals surface area contributed by atoms with Gasteiger partial charge in [0.15, 0.2) is 0 Å². The van der Waals surface area contributed by atoms with E-state index in [9.17, 15) is 0 Å². The van der Waals surface area contributed by atoms with E-state index in [1.807, 2.05) is 38.1 Å². The molecule has 0 aliphatic carbocycles. The van der Waals surface area contributed by atoms with Crippen LogP contribution >= 0.6 is 11.6 Å². The van der Waals surface area contributed by atoms with Gasteiger partial charge in [0.1, 0.15) is 23.9 Å². The molecule has 2 rings (SSSR count). The van der Waals surface area contributed by atoms with Crippen LogP contribution in [0, 0.1) is 13.8 Å². The summed E-state index contributed by atoms with van der Waals surface area (Å²) >= 11 is 5.89. The average Bonchev–Trinajstić information content (AvgIpc) is 2.69. The number of benzene rings is 1. The van der Waals surface area contributed by atoms with Crippen LogP contribution in [0.2, 0.25) is 5.02 Å². The zero-order valence-electron chi connectivity index (χ0n) is 10.5. The van der Waals surface area contributed by atoms with Crippen LogP contribution in [0.25, 0.3) is 0 Å². The highest BCUT2D eigenvalue weighted by Crippen LogP contribution is 2.23. The minimum atomic E-state index is 0.392. The van der Waals surface area contributed by atoms with Crippen molar-refractivity contribution in [1.29, 1.82) is 0 Å². The average molecular weight is 266 g/mol. The maximum Gasteiger partial charge on any atom is 0.146 e. The molecule has 4 heteroatoms. The van der Waals surface area contributed by atoms with Gasteiger partial charge in [-0.2, -0.15) is 0 Å². The van der Waals surface area contributed by atoms with E-state index in [4.69, 9.17) is 26.5 Å². The number of hydrogen-bond donors (Lipinski definition) is 1. The topological polar surface area (TPSA) is 48.4 Å². The molecule has 0 saturated carbocycles. The second-order valence-corrected chi connectivity index (χ2v) is 4.66. The second-order valence-electron chi connectivity index (χ2n) is 4.22. The quantitative estimate of drug-likeness (QED) is 0.919. The molecule has 1 aromatic heterocycles. The first kappa shape index (κ1) is 13.0. The lowest BCUT2D eigenvalue weighted by atomic mass is 10.2. The van der Waals surface area contributed by atoms with Gasteiger partial charge in [-0.15, -0.1) is 0 Å². The molecule has 0 aliphatic rings. The van der Waals surface area contributed by atoms with Crippen LogP contribution in [0.1, 0.15) is 22.6 Å². The first-order chi connectivity index (χ1) is 8.60. The van der Waals surface area contributed by atoms with E-state index in [1.165, 1.54) is 0 Å². The van der Waals surface area contributed by atoms with Gasteiger partial charge in [0.25, 0.3) is 0 Å². The van der Waals surface area contributed by atoms with Crippen LogP contribution in [-0.4, -0.2) is 0 Å². The van der Waals surface area contributed by atoms with Crippen molar-refractivity contribution < 1.29 is 9.15 Å². The van der Waals surface area contributed by atoms with Crippen molar-refractivity contribution in [3.63, 3.8) is 0 Å². The summed E-state index contributed by atoms with van der Waals surface area (Å²) in [5.41, 5.74) is 7.63. The zero-order chi connectivity index (χ0) is 13.1. The minimum absolute atomic E-state index is 0.392. The molecule has 2 N–H and O–H groups in total. The van der Waals surface area contributed by atoms with E-state index >= 15 is 0 Å². The van der Waals surface area contributed by atoms with Gasteiger partial charge in [0.2, 0.25) is 0 Å². The van der Waals surface area contributed by atoms with Crippen LogP contribution in [0.4, 0.5) is 0 Å². The Bertz CT molecular complexity index is 549. The van der Waals surface area contributed by atoms with Crippen molar-refractivity contribution in [2.75, 3.05) is 0 Å². The van der Waals surface area contributed by atoms with Crippen LogP contribution in [-0.2, 0) is 13.2 Å². The highest BCUT2D eigenvalue weighted by atomic mass is 35.5. The molecular formula is C14H16ClNO2. The Kier molecular flexibility index (Phi) is 3.94. The lowest BCUT2D eigenvalue weighted by molar-refractivity contribution is 0.264. The van der Waals surface area contributed by atoms with Gasteiger partial charge in [-0.1, -0.05) is 11.6 Å². The summed E-state index contributed by atoms with van der Waals surface area (Å²) in [4.78, 5) is 0. The fourth-order valence-electron chi connectivity index (χ4n) is 1.79. The van der Waals surface area contributed by atoms with Crippen LogP contribution < -0.4 is 10.5 Å². The van der Waals surface area contributed by atoms with Crippen LogP contribution in [0.15, 0.2) is 28.7 Å². The number of nitrogens with two attached hydrogens (primary N) is 1. The molecule has 0 unspecified atom stereocenters. The van der Waals surface area contributed by atoms with Gasteiger partial charge in [0.05, 0.1) is 6.54 Å². The largest absolute Gasteiger partial charge is 0.485 e. The molecule has 0 aliphatic heterocycles. The molecule has 0 radical (unpaired) electrons. The highest BCUT2D eigenvalue weighted by molar-refractivity contribution is 6.30. The number of halogens is 1. The van der Waals surface area contributed by atoms with E-state index in [-0.39, 0.29) is 0 Å². The summed E-state index contributed by atoms with van der Waals surface area (Å²) in [6.07, 6.45) is 0. The predicted molar refractivity (Wildman–Crippen MR) is 71.9 cm³/mol. The molecule has 0 saturated heterocycles. The van der Waals surface area contributed by atoms with Crippen molar-refractivity contribution in [1.82, 2.24) is 0 Å². The molecule has 0 fully saturated rings. The molecule has 0 amide bonds. The van der Waals surface area contributed by atoms with Gasteiger partial charge in [-0.3, -0.25) is 0 Å². The maximum atomic E-state index is 5.89. The lowest BCUT2D eigenvalue weighted by Gasteiger charge is -2.07. The summed E-state index contributed by atoms with van der Waals surface area (Å²) in [6, 6.07) is 7.49. The molecule has 18 heavy (non-hydrogen) atoms. The van der Waals surface area contributed by atoms with Gasteiger partial charge in [-0.05, 0) is 49.2 Å². The van der Waals surface area contributed by atoms with Crippen LogP contribution in [0.3, 0.4) is 0 Å². The molecule has 2 aromatic rings. The Labute approximate surface area is 111 Å². The third-order valence-corrected chi connectivity index (χ3v) is 3.00. The summed E-state index contributed by atoms with van der Waals surface area (Å²) in [7, 11) is 0.